The number of benzene rings is 2. The van der Waals surface area contributed by atoms with Gasteiger partial charge in [-0.3, -0.25) is 4.79 Å². The SMILES string of the molecule is Cc1cc(C(=O)NC(C)(C)C)cc(-c2ccc(F)c(C)c2)c1. The van der Waals surface area contributed by atoms with E-state index in [1.54, 1.807) is 19.1 Å². The summed E-state index contributed by atoms with van der Waals surface area (Å²) in [6.45, 7) is 9.54. The second kappa shape index (κ2) is 5.91. The van der Waals surface area contributed by atoms with E-state index in [4.69, 9.17) is 0 Å². The second-order valence-corrected chi connectivity index (χ2v) is 6.76. The van der Waals surface area contributed by atoms with Crippen LogP contribution in [-0.4, -0.2) is 11.4 Å². The maximum absolute atomic E-state index is 13.4. The standard InChI is InChI=1S/C19H22FNO/c1-12-8-15(14-6-7-17(20)13(2)10-14)11-16(9-12)18(22)21-19(3,4)5/h6-11H,1-5H3,(H,21,22). The molecule has 0 saturated carbocycles. The molecule has 0 fully saturated rings. The molecule has 2 aromatic rings. The Bertz CT molecular complexity index is 714. The zero-order valence-corrected chi connectivity index (χ0v) is 13.8. The Balaban J connectivity index is 2.42. The van der Waals surface area contributed by atoms with Crippen molar-refractivity contribution in [1.29, 1.82) is 0 Å². The van der Waals surface area contributed by atoms with Crippen molar-refractivity contribution >= 4 is 5.91 Å². The maximum Gasteiger partial charge on any atom is 0.251 e. The van der Waals surface area contributed by atoms with Crippen LogP contribution in [0.1, 0.15) is 42.3 Å². The normalized spacial score (nSPS) is 11.4. The summed E-state index contributed by atoms with van der Waals surface area (Å²) in [4.78, 5) is 12.3. The van der Waals surface area contributed by atoms with Gasteiger partial charge < -0.3 is 5.32 Å². The average Bonchev–Trinajstić information content (AvgIpc) is 2.39. The first-order valence-electron chi connectivity index (χ1n) is 7.36. The molecule has 0 atom stereocenters. The van der Waals surface area contributed by atoms with Crippen LogP contribution in [-0.2, 0) is 0 Å². The van der Waals surface area contributed by atoms with Crippen molar-refractivity contribution < 1.29 is 9.18 Å². The molecule has 2 rings (SSSR count). The van der Waals surface area contributed by atoms with Gasteiger partial charge in [0, 0.05) is 11.1 Å². The lowest BCUT2D eigenvalue weighted by atomic mass is 9.98. The van der Waals surface area contributed by atoms with E-state index in [0.717, 1.165) is 16.7 Å². The number of carbonyl (C=O) groups excluding carboxylic acids is 1. The third-order valence-corrected chi connectivity index (χ3v) is 3.32. The Hall–Kier alpha value is -2.16. The van der Waals surface area contributed by atoms with Gasteiger partial charge in [-0.2, -0.15) is 0 Å². The van der Waals surface area contributed by atoms with Crippen molar-refractivity contribution in [3.8, 4) is 11.1 Å². The molecule has 22 heavy (non-hydrogen) atoms. The number of hydrogen-bond donors (Lipinski definition) is 1. The molecule has 0 radical (unpaired) electrons. The molecular formula is C19H22FNO. The highest BCUT2D eigenvalue weighted by molar-refractivity contribution is 5.96. The molecule has 0 unspecified atom stereocenters. The van der Waals surface area contributed by atoms with Gasteiger partial charge in [-0.05, 0) is 81.1 Å². The second-order valence-electron chi connectivity index (χ2n) is 6.76. The van der Waals surface area contributed by atoms with E-state index in [9.17, 15) is 9.18 Å². The summed E-state index contributed by atoms with van der Waals surface area (Å²) >= 11 is 0. The monoisotopic (exact) mass is 299 g/mol. The smallest absolute Gasteiger partial charge is 0.251 e. The molecule has 0 aliphatic heterocycles. The van der Waals surface area contributed by atoms with Crippen LogP contribution >= 0.6 is 0 Å². The topological polar surface area (TPSA) is 29.1 Å². The summed E-state index contributed by atoms with van der Waals surface area (Å²) < 4.78 is 13.4. The van der Waals surface area contributed by atoms with Gasteiger partial charge in [0.15, 0.2) is 0 Å². The van der Waals surface area contributed by atoms with Crippen molar-refractivity contribution in [2.45, 2.75) is 40.2 Å². The summed E-state index contributed by atoms with van der Waals surface area (Å²) in [6, 6.07) is 10.7. The fraction of sp³-hybridized carbons (Fsp3) is 0.316. The van der Waals surface area contributed by atoms with Gasteiger partial charge in [0.2, 0.25) is 0 Å². The molecule has 0 aliphatic carbocycles. The van der Waals surface area contributed by atoms with Crippen molar-refractivity contribution in [1.82, 2.24) is 5.32 Å². The number of halogens is 1. The first-order valence-corrected chi connectivity index (χ1v) is 7.36. The van der Waals surface area contributed by atoms with Crippen LogP contribution in [0.3, 0.4) is 0 Å². The molecule has 0 saturated heterocycles. The minimum atomic E-state index is -0.284. The quantitative estimate of drug-likeness (QED) is 0.860. The van der Waals surface area contributed by atoms with Gasteiger partial charge in [-0.1, -0.05) is 12.1 Å². The maximum atomic E-state index is 13.4. The fourth-order valence-electron chi connectivity index (χ4n) is 2.32. The van der Waals surface area contributed by atoms with Gasteiger partial charge in [0.1, 0.15) is 5.82 Å². The molecule has 0 spiro atoms. The molecule has 0 aromatic heterocycles. The molecule has 0 bridgehead atoms. The minimum Gasteiger partial charge on any atom is -0.347 e. The third kappa shape index (κ3) is 3.94. The van der Waals surface area contributed by atoms with E-state index in [0.29, 0.717) is 11.1 Å². The van der Waals surface area contributed by atoms with Crippen LogP contribution in [0.2, 0.25) is 0 Å². The first kappa shape index (κ1) is 16.2. The Morgan fingerprint density at radius 1 is 1.00 bits per heavy atom. The third-order valence-electron chi connectivity index (χ3n) is 3.32. The molecular weight excluding hydrogens is 277 g/mol. The highest BCUT2D eigenvalue weighted by atomic mass is 19.1. The Morgan fingerprint density at radius 3 is 2.27 bits per heavy atom. The Kier molecular flexibility index (Phi) is 4.36. The van der Waals surface area contributed by atoms with Gasteiger partial charge in [-0.25, -0.2) is 4.39 Å². The van der Waals surface area contributed by atoms with Crippen LogP contribution in [0.4, 0.5) is 4.39 Å². The molecule has 0 heterocycles. The summed E-state index contributed by atoms with van der Waals surface area (Å²) in [5, 5.41) is 2.96. The van der Waals surface area contributed by atoms with E-state index in [1.165, 1.54) is 6.07 Å². The zero-order chi connectivity index (χ0) is 16.5. The highest BCUT2D eigenvalue weighted by Crippen LogP contribution is 2.24. The number of amides is 1. The predicted octanol–water partition coefficient (Wildman–Crippen LogP) is 4.64. The van der Waals surface area contributed by atoms with E-state index >= 15 is 0 Å². The van der Waals surface area contributed by atoms with Gasteiger partial charge in [0.25, 0.3) is 5.91 Å². The van der Waals surface area contributed by atoms with Crippen molar-refractivity contribution in [3.05, 3.63) is 58.9 Å². The molecule has 1 N–H and O–H groups in total. The molecule has 116 valence electrons. The summed E-state index contributed by atoms with van der Waals surface area (Å²) in [5.74, 6) is -0.321. The molecule has 1 amide bonds. The van der Waals surface area contributed by atoms with E-state index < -0.39 is 0 Å². The average molecular weight is 299 g/mol. The van der Waals surface area contributed by atoms with E-state index in [2.05, 4.69) is 5.32 Å². The van der Waals surface area contributed by atoms with Crippen molar-refractivity contribution in [2.75, 3.05) is 0 Å². The van der Waals surface area contributed by atoms with Crippen LogP contribution < -0.4 is 5.32 Å². The highest BCUT2D eigenvalue weighted by Gasteiger charge is 2.16. The molecule has 2 aromatic carbocycles. The Labute approximate surface area is 131 Å². The van der Waals surface area contributed by atoms with Crippen molar-refractivity contribution in [2.24, 2.45) is 0 Å². The van der Waals surface area contributed by atoms with E-state index in [-0.39, 0.29) is 17.3 Å². The largest absolute Gasteiger partial charge is 0.347 e. The summed E-state index contributed by atoms with van der Waals surface area (Å²) in [6.07, 6.45) is 0. The van der Waals surface area contributed by atoms with E-state index in [1.807, 2.05) is 45.9 Å². The first-order chi connectivity index (χ1) is 10.2. The zero-order valence-electron chi connectivity index (χ0n) is 13.8. The van der Waals surface area contributed by atoms with Crippen LogP contribution in [0.5, 0.6) is 0 Å². The van der Waals surface area contributed by atoms with Crippen LogP contribution in [0.15, 0.2) is 36.4 Å². The van der Waals surface area contributed by atoms with Gasteiger partial charge in [-0.15, -0.1) is 0 Å². The van der Waals surface area contributed by atoms with Gasteiger partial charge >= 0.3 is 0 Å². The summed E-state index contributed by atoms with van der Waals surface area (Å²) in [5.41, 5.74) is 3.76. The van der Waals surface area contributed by atoms with Crippen LogP contribution in [0.25, 0.3) is 11.1 Å². The number of nitrogens with one attached hydrogen (secondary N) is 1. The van der Waals surface area contributed by atoms with Crippen LogP contribution in [0, 0.1) is 19.7 Å². The minimum absolute atomic E-state index is 0.101. The number of aryl methyl sites for hydroxylation is 2. The lowest BCUT2D eigenvalue weighted by Gasteiger charge is -2.21. The molecule has 2 nitrogen and oxygen atoms in total. The lowest BCUT2D eigenvalue weighted by molar-refractivity contribution is 0.0919. The fourth-order valence-corrected chi connectivity index (χ4v) is 2.32. The Morgan fingerprint density at radius 2 is 1.68 bits per heavy atom. The molecule has 3 heteroatoms. The lowest BCUT2D eigenvalue weighted by Crippen LogP contribution is -2.40. The van der Waals surface area contributed by atoms with Crippen molar-refractivity contribution in [3.63, 3.8) is 0 Å². The number of hydrogen-bond acceptors (Lipinski definition) is 1. The number of rotatable bonds is 2. The number of carbonyl (C=O) groups is 1. The molecule has 0 aliphatic rings. The predicted molar refractivity (Wildman–Crippen MR) is 88.5 cm³/mol. The van der Waals surface area contributed by atoms with Gasteiger partial charge in [0.05, 0.1) is 0 Å². The summed E-state index contributed by atoms with van der Waals surface area (Å²) in [7, 11) is 0.